The van der Waals surface area contributed by atoms with E-state index in [1.807, 2.05) is 0 Å². The van der Waals surface area contributed by atoms with E-state index in [4.69, 9.17) is 5.14 Å². The second kappa shape index (κ2) is 8.65. The van der Waals surface area contributed by atoms with E-state index < -0.39 is 15.8 Å². The molecule has 1 heterocycles. The maximum absolute atomic E-state index is 13.6. The highest BCUT2D eigenvalue weighted by Crippen LogP contribution is 2.28. The Balaban J connectivity index is 1.52. The molecular weight excluding hydrogens is 425 g/mol. The Hall–Kier alpha value is -2.54. The number of carbonyl (C=O) groups is 1. The van der Waals surface area contributed by atoms with Crippen LogP contribution < -0.4 is 15.8 Å². The lowest BCUT2D eigenvalue weighted by molar-refractivity contribution is -0.113. The molecule has 12 heteroatoms. The molecule has 2 aromatic carbocycles. The number of nitrogens with one attached hydrogen (secondary N) is 2. The minimum absolute atomic E-state index is 0.0383. The molecular formula is C16H14FN5O3S3. The largest absolute Gasteiger partial charge is 0.328 e. The van der Waals surface area contributed by atoms with E-state index in [1.165, 1.54) is 53.4 Å². The lowest BCUT2D eigenvalue weighted by Gasteiger charge is -2.05. The molecule has 0 radical (unpaired) electrons. The minimum Gasteiger partial charge on any atom is -0.328 e. The molecule has 0 saturated carbocycles. The van der Waals surface area contributed by atoms with Crippen molar-refractivity contribution in [2.45, 2.75) is 9.24 Å². The molecule has 0 atom stereocenters. The number of hydrogen-bond donors (Lipinski definition) is 3. The number of aromatic nitrogens is 2. The maximum Gasteiger partial charge on any atom is 0.238 e. The van der Waals surface area contributed by atoms with E-state index in [9.17, 15) is 17.6 Å². The lowest BCUT2D eigenvalue weighted by Crippen LogP contribution is -2.15. The van der Waals surface area contributed by atoms with Gasteiger partial charge in [0.2, 0.25) is 21.1 Å². The van der Waals surface area contributed by atoms with Gasteiger partial charge in [-0.05, 0) is 36.4 Å². The first-order valence-corrected chi connectivity index (χ1v) is 11.1. The number of anilines is 3. The number of thioether (sulfide) groups is 1. The van der Waals surface area contributed by atoms with Crippen molar-refractivity contribution < 1.29 is 17.6 Å². The molecule has 3 rings (SSSR count). The van der Waals surface area contributed by atoms with Crippen molar-refractivity contribution in [2.75, 3.05) is 16.4 Å². The van der Waals surface area contributed by atoms with Crippen LogP contribution in [0, 0.1) is 5.82 Å². The molecule has 3 aromatic rings. The van der Waals surface area contributed by atoms with Crippen LogP contribution in [0.2, 0.25) is 0 Å². The van der Waals surface area contributed by atoms with E-state index in [2.05, 4.69) is 20.8 Å². The Labute approximate surface area is 168 Å². The quantitative estimate of drug-likeness (QED) is 0.483. The van der Waals surface area contributed by atoms with Crippen molar-refractivity contribution >= 4 is 55.5 Å². The molecule has 0 unspecified atom stereocenters. The number of halogens is 1. The van der Waals surface area contributed by atoms with Gasteiger partial charge in [0.05, 0.1) is 16.3 Å². The fourth-order valence-electron chi connectivity index (χ4n) is 2.05. The van der Waals surface area contributed by atoms with E-state index in [1.54, 1.807) is 18.2 Å². The average Bonchev–Trinajstić information content (AvgIpc) is 3.09. The second-order valence-electron chi connectivity index (χ2n) is 5.38. The van der Waals surface area contributed by atoms with Crippen LogP contribution in [-0.4, -0.2) is 30.3 Å². The van der Waals surface area contributed by atoms with Gasteiger partial charge < -0.3 is 10.6 Å². The average molecular weight is 440 g/mol. The zero-order valence-electron chi connectivity index (χ0n) is 14.1. The Morgan fingerprint density at radius 1 is 1.14 bits per heavy atom. The fourth-order valence-corrected chi connectivity index (χ4v) is 4.13. The SMILES string of the molecule is NS(=O)(=O)c1ccc(NC(=O)CSc2nnc(Nc3ccccc3F)s2)cc1. The molecule has 4 N–H and O–H groups in total. The summed E-state index contributed by atoms with van der Waals surface area (Å²) >= 11 is 2.37. The zero-order valence-corrected chi connectivity index (χ0v) is 16.6. The lowest BCUT2D eigenvalue weighted by atomic mass is 10.3. The predicted octanol–water partition coefficient (Wildman–Crippen LogP) is 2.80. The third-order valence-corrected chi connectivity index (χ3v) is 6.22. The number of sulfonamides is 1. The summed E-state index contributed by atoms with van der Waals surface area (Å²) in [5.74, 6) is -0.627. The van der Waals surface area contributed by atoms with Crippen LogP contribution >= 0.6 is 23.1 Å². The van der Waals surface area contributed by atoms with Crippen LogP contribution in [0.5, 0.6) is 0 Å². The maximum atomic E-state index is 13.6. The Kier molecular flexibility index (Phi) is 6.24. The zero-order chi connectivity index (χ0) is 20.1. The molecule has 0 aliphatic heterocycles. The molecule has 0 spiro atoms. The molecule has 28 heavy (non-hydrogen) atoms. The van der Waals surface area contributed by atoms with Crippen LogP contribution in [0.25, 0.3) is 0 Å². The first-order valence-electron chi connectivity index (χ1n) is 7.72. The van der Waals surface area contributed by atoms with Gasteiger partial charge in [-0.1, -0.05) is 35.2 Å². The summed E-state index contributed by atoms with van der Waals surface area (Å²) < 4.78 is 36.6. The molecule has 0 aliphatic rings. The van der Waals surface area contributed by atoms with Crippen LogP contribution in [0.1, 0.15) is 0 Å². The fraction of sp³-hybridized carbons (Fsp3) is 0.0625. The third-order valence-electron chi connectivity index (χ3n) is 3.32. The van der Waals surface area contributed by atoms with Crippen LogP contribution in [0.4, 0.5) is 20.9 Å². The summed E-state index contributed by atoms with van der Waals surface area (Å²) in [5, 5.41) is 18.8. The highest BCUT2D eigenvalue weighted by molar-refractivity contribution is 8.01. The normalized spacial score (nSPS) is 11.2. The predicted molar refractivity (Wildman–Crippen MR) is 107 cm³/mol. The molecule has 1 amide bonds. The van der Waals surface area contributed by atoms with Crippen LogP contribution in [0.3, 0.4) is 0 Å². The topological polar surface area (TPSA) is 127 Å². The number of amides is 1. The van der Waals surface area contributed by atoms with Crippen molar-refractivity contribution in [3.05, 3.63) is 54.3 Å². The standard InChI is InChI=1S/C16H14FN5O3S3/c17-12-3-1-2-4-13(12)20-15-21-22-16(27-15)26-9-14(23)19-10-5-7-11(8-6-10)28(18,24)25/h1-8H,9H2,(H,19,23)(H,20,21)(H2,18,24,25). The molecule has 0 saturated heterocycles. The molecule has 146 valence electrons. The van der Waals surface area contributed by atoms with Gasteiger partial charge in [-0.3, -0.25) is 4.79 Å². The number of para-hydroxylation sites is 1. The number of primary sulfonamides is 1. The summed E-state index contributed by atoms with van der Waals surface area (Å²) in [6.45, 7) is 0. The summed E-state index contributed by atoms with van der Waals surface area (Å²) in [5.41, 5.74) is 0.730. The monoisotopic (exact) mass is 439 g/mol. The Bertz CT molecular complexity index is 1090. The van der Waals surface area contributed by atoms with Gasteiger partial charge in [0.25, 0.3) is 0 Å². The van der Waals surface area contributed by atoms with Gasteiger partial charge in [-0.2, -0.15) is 0 Å². The highest BCUT2D eigenvalue weighted by atomic mass is 32.2. The number of carbonyl (C=O) groups excluding carboxylic acids is 1. The van der Waals surface area contributed by atoms with Crippen molar-refractivity contribution in [2.24, 2.45) is 5.14 Å². The molecule has 0 fully saturated rings. The van der Waals surface area contributed by atoms with Gasteiger partial charge in [0.1, 0.15) is 5.82 Å². The smallest absolute Gasteiger partial charge is 0.238 e. The Morgan fingerprint density at radius 2 is 1.86 bits per heavy atom. The number of nitrogens with two attached hydrogens (primary N) is 1. The minimum atomic E-state index is -3.78. The van der Waals surface area contributed by atoms with Crippen LogP contribution in [-0.2, 0) is 14.8 Å². The van der Waals surface area contributed by atoms with Gasteiger partial charge in [-0.15, -0.1) is 10.2 Å². The van der Waals surface area contributed by atoms with Gasteiger partial charge in [0, 0.05) is 5.69 Å². The molecule has 8 nitrogen and oxygen atoms in total. The number of hydrogen-bond acceptors (Lipinski definition) is 8. The number of rotatable bonds is 7. The first kappa shape index (κ1) is 20.2. The van der Waals surface area contributed by atoms with Crippen molar-refractivity contribution in [3.8, 4) is 0 Å². The second-order valence-corrected chi connectivity index (χ2v) is 9.15. The summed E-state index contributed by atoms with van der Waals surface area (Å²) in [4.78, 5) is 12.0. The van der Waals surface area contributed by atoms with Crippen LogP contribution in [0.15, 0.2) is 57.8 Å². The van der Waals surface area contributed by atoms with Crippen molar-refractivity contribution in [1.82, 2.24) is 10.2 Å². The van der Waals surface area contributed by atoms with Gasteiger partial charge in [-0.25, -0.2) is 17.9 Å². The first-order chi connectivity index (χ1) is 13.3. The van der Waals surface area contributed by atoms with Crippen molar-refractivity contribution in [1.29, 1.82) is 0 Å². The van der Waals surface area contributed by atoms with E-state index in [0.29, 0.717) is 15.2 Å². The highest BCUT2D eigenvalue weighted by Gasteiger charge is 2.11. The molecule has 0 bridgehead atoms. The van der Waals surface area contributed by atoms with E-state index in [-0.39, 0.29) is 22.2 Å². The summed E-state index contributed by atoms with van der Waals surface area (Å²) in [6, 6.07) is 11.7. The van der Waals surface area contributed by atoms with E-state index >= 15 is 0 Å². The molecule has 1 aromatic heterocycles. The van der Waals surface area contributed by atoms with Crippen molar-refractivity contribution in [3.63, 3.8) is 0 Å². The number of nitrogens with zero attached hydrogens (tertiary/aromatic N) is 2. The van der Waals surface area contributed by atoms with Gasteiger partial charge in [0.15, 0.2) is 4.34 Å². The van der Waals surface area contributed by atoms with Gasteiger partial charge >= 0.3 is 0 Å². The summed E-state index contributed by atoms with van der Waals surface area (Å²) in [7, 11) is -3.78. The third kappa shape index (κ3) is 5.48. The molecule has 0 aliphatic carbocycles. The number of benzene rings is 2. The summed E-state index contributed by atoms with van der Waals surface area (Å²) in [6.07, 6.45) is 0. The van der Waals surface area contributed by atoms with E-state index in [0.717, 1.165) is 0 Å². The Morgan fingerprint density at radius 3 is 2.54 bits per heavy atom.